The van der Waals surface area contributed by atoms with Gasteiger partial charge in [-0.1, -0.05) is 59.3 Å². The van der Waals surface area contributed by atoms with Crippen molar-refractivity contribution >= 4 is 16.9 Å². The average molecular weight is 401 g/mol. The molecule has 0 spiro atoms. The first-order valence-corrected chi connectivity index (χ1v) is 9.89. The van der Waals surface area contributed by atoms with Crippen molar-refractivity contribution < 1.29 is 19.2 Å². The van der Waals surface area contributed by atoms with Crippen molar-refractivity contribution in [3.63, 3.8) is 0 Å². The average Bonchev–Trinajstić information content (AvgIpc) is 3.13. The van der Waals surface area contributed by atoms with Gasteiger partial charge in [-0.05, 0) is 55.0 Å². The molecule has 0 bridgehead atoms. The first kappa shape index (κ1) is 19.7. The van der Waals surface area contributed by atoms with Gasteiger partial charge in [0.2, 0.25) is 0 Å². The van der Waals surface area contributed by atoms with Crippen molar-refractivity contribution in [3.8, 4) is 16.9 Å². The van der Waals surface area contributed by atoms with Gasteiger partial charge < -0.3 is 14.4 Å². The van der Waals surface area contributed by atoms with E-state index in [9.17, 15) is 4.79 Å². The molecule has 0 aliphatic rings. The molecule has 0 radical (unpaired) electrons. The van der Waals surface area contributed by atoms with E-state index in [-0.39, 0.29) is 6.61 Å². The summed E-state index contributed by atoms with van der Waals surface area (Å²) in [5, 5.41) is 14.0. The van der Waals surface area contributed by atoms with Crippen LogP contribution in [-0.2, 0) is 17.6 Å². The molecular formula is C25H23NO4. The van der Waals surface area contributed by atoms with Crippen molar-refractivity contribution in [1.82, 2.24) is 5.16 Å². The number of rotatable bonds is 7. The summed E-state index contributed by atoms with van der Waals surface area (Å²) in [4.78, 5) is 10.7. The van der Waals surface area contributed by atoms with Crippen molar-refractivity contribution in [2.75, 3.05) is 6.61 Å². The standard InChI is InChI=1S/C25H23NO4/c1-16-6-9-19(10-7-16)20-5-3-4-18(13-20)8-11-22-21-12-17(2)23(29-15-25(27)28)14-24(21)30-26-22/h3-7,9-10,12-14H,8,11,15H2,1-2H3,(H,27,28). The Bertz CT molecular complexity index is 1190. The summed E-state index contributed by atoms with van der Waals surface area (Å²) in [6.07, 6.45) is 1.59. The van der Waals surface area contributed by atoms with E-state index in [1.807, 2.05) is 13.0 Å². The fraction of sp³-hybridized carbons (Fsp3) is 0.200. The smallest absolute Gasteiger partial charge is 0.341 e. The number of hydrogen-bond donors (Lipinski definition) is 1. The molecule has 152 valence electrons. The number of ether oxygens (including phenoxy) is 1. The van der Waals surface area contributed by atoms with Gasteiger partial charge in [0.15, 0.2) is 12.2 Å². The van der Waals surface area contributed by atoms with Crippen LogP contribution in [0.4, 0.5) is 0 Å². The van der Waals surface area contributed by atoms with Gasteiger partial charge >= 0.3 is 5.97 Å². The molecule has 3 aromatic carbocycles. The lowest BCUT2D eigenvalue weighted by Gasteiger charge is -2.07. The first-order chi connectivity index (χ1) is 14.5. The molecule has 1 heterocycles. The summed E-state index contributed by atoms with van der Waals surface area (Å²) in [7, 11) is 0. The molecule has 4 aromatic rings. The second-order valence-electron chi connectivity index (χ2n) is 7.49. The van der Waals surface area contributed by atoms with E-state index >= 15 is 0 Å². The summed E-state index contributed by atoms with van der Waals surface area (Å²) < 4.78 is 10.8. The number of carbonyl (C=O) groups is 1. The van der Waals surface area contributed by atoms with E-state index in [1.54, 1.807) is 6.07 Å². The van der Waals surface area contributed by atoms with Crippen LogP contribution in [0.25, 0.3) is 22.1 Å². The fourth-order valence-electron chi connectivity index (χ4n) is 3.51. The maximum Gasteiger partial charge on any atom is 0.341 e. The monoisotopic (exact) mass is 401 g/mol. The molecule has 0 fully saturated rings. The second kappa shape index (κ2) is 8.41. The number of aromatic nitrogens is 1. The normalized spacial score (nSPS) is 11.0. The molecule has 1 N–H and O–H groups in total. The Morgan fingerprint density at radius 1 is 1.00 bits per heavy atom. The van der Waals surface area contributed by atoms with Crippen LogP contribution in [0, 0.1) is 13.8 Å². The van der Waals surface area contributed by atoms with Gasteiger partial charge in [0.05, 0.1) is 5.69 Å². The van der Waals surface area contributed by atoms with Crippen LogP contribution in [0.2, 0.25) is 0 Å². The molecule has 0 saturated heterocycles. The number of carboxylic acids is 1. The number of aliphatic carboxylic acids is 1. The molecule has 1 aromatic heterocycles. The molecule has 0 atom stereocenters. The zero-order valence-electron chi connectivity index (χ0n) is 17.0. The van der Waals surface area contributed by atoms with E-state index in [2.05, 4.69) is 60.6 Å². The number of nitrogens with zero attached hydrogens (tertiary/aromatic N) is 1. The molecule has 0 aliphatic heterocycles. The lowest BCUT2D eigenvalue weighted by atomic mass is 9.99. The molecule has 5 nitrogen and oxygen atoms in total. The van der Waals surface area contributed by atoms with Crippen LogP contribution < -0.4 is 4.74 Å². The predicted molar refractivity (Wildman–Crippen MR) is 116 cm³/mol. The van der Waals surface area contributed by atoms with Crippen LogP contribution >= 0.6 is 0 Å². The Balaban J connectivity index is 1.51. The Hall–Kier alpha value is -3.60. The van der Waals surface area contributed by atoms with Crippen LogP contribution in [0.15, 0.2) is 65.2 Å². The zero-order valence-corrected chi connectivity index (χ0v) is 17.0. The summed E-state index contributed by atoms with van der Waals surface area (Å²) in [6.45, 7) is 3.59. The predicted octanol–water partition coefficient (Wildman–Crippen LogP) is 5.36. The van der Waals surface area contributed by atoms with Crippen molar-refractivity contribution in [3.05, 3.63) is 83.0 Å². The van der Waals surface area contributed by atoms with E-state index in [1.165, 1.54) is 22.3 Å². The van der Waals surface area contributed by atoms with E-state index in [0.29, 0.717) is 11.3 Å². The van der Waals surface area contributed by atoms with Gasteiger partial charge in [0.25, 0.3) is 0 Å². The van der Waals surface area contributed by atoms with Crippen molar-refractivity contribution in [1.29, 1.82) is 0 Å². The highest BCUT2D eigenvalue weighted by atomic mass is 16.5. The zero-order chi connectivity index (χ0) is 21.1. The quantitative estimate of drug-likeness (QED) is 0.451. The second-order valence-corrected chi connectivity index (χ2v) is 7.49. The molecular weight excluding hydrogens is 378 g/mol. The number of hydrogen-bond acceptors (Lipinski definition) is 4. The SMILES string of the molecule is Cc1ccc(-c2cccc(CCc3noc4cc(OCC(=O)O)c(C)cc34)c2)cc1. The van der Waals surface area contributed by atoms with Gasteiger partial charge in [-0.25, -0.2) is 4.79 Å². The minimum atomic E-state index is -1.01. The highest BCUT2D eigenvalue weighted by Crippen LogP contribution is 2.29. The molecule has 5 heteroatoms. The van der Waals surface area contributed by atoms with Gasteiger partial charge in [-0.3, -0.25) is 0 Å². The lowest BCUT2D eigenvalue weighted by molar-refractivity contribution is -0.139. The van der Waals surface area contributed by atoms with Gasteiger partial charge in [-0.2, -0.15) is 0 Å². The van der Waals surface area contributed by atoms with Gasteiger partial charge in [-0.15, -0.1) is 0 Å². The highest BCUT2D eigenvalue weighted by Gasteiger charge is 2.13. The molecule has 0 saturated carbocycles. The summed E-state index contributed by atoms with van der Waals surface area (Å²) in [5.41, 5.74) is 7.24. The van der Waals surface area contributed by atoms with Crippen molar-refractivity contribution in [2.24, 2.45) is 0 Å². The van der Waals surface area contributed by atoms with Gasteiger partial charge in [0.1, 0.15) is 5.75 Å². The Morgan fingerprint density at radius 2 is 1.80 bits per heavy atom. The number of fused-ring (bicyclic) bond motifs is 1. The van der Waals surface area contributed by atoms with Crippen LogP contribution in [0.5, 0.6) is 5.75 Å². The molecule has 4 rings (SSSR count). The third kappa shape index (κ3) is 4.35. The van der Waals surface area contributed by atoms with E-state index in [0.717, 1.165) is 29.5 Å². The third-order valence-electron chi connectivity index (χ3n) is 5.16. The highest BCUT2D eigenvalue weighted by molar-refractivity contribution is 5.82. The van der Waals surface area contributed by atoms with Crippen LogP contribution in [-0.4, -0.2) is 22.8 Å². The van der Waals surface area contributed by atoms with Crippen molar-refractivity contribution in [2.45, 2.75) is 26.7 Å². The van der Waals surface area contributed by atoms with Crippen LogP contribution in [0.3, 0.4) is 0 Å². The summed E-state index contributed by atoms with van der Waals surface area (Å²) in [5.74, 6) is -0.515. The topological polar surface area (TPSA) is 72.6 Å². The lowest BCUT2D eigenvalue weighted by Crippen LogP contribution is -2.10. The number of benzene rings is 3. The largest absolute Gasteiger partial charge is 0.481 e. The maximum atomic E-state index is 10.7. The summed E-state index contributed by atoms with van der Waals surface area (Å²) >= 11 is 0. The number of aryl methyl sites for hydroxylation is 4. The van der Waals surface area contributed by atoms with E-state index < -0.39 is 5.97 Å². The molecule has 30 heavy (non-hydrogen) atoms. The minimum absolute atomic E-state index is 0.384. The maximum absolute atomic E-state index is 10.7. The molecule has 0 unspecified atom stereocenters. The molecule has 0 aliphatic carbocycles. The minimum Gasteiger partial charge on any atom is -0.481 e. The fourth-order valence-corrected chi connectivity index (χ4v) is 3.51. The Morgan fingerprint density at radius 3 is 2.57 bits per heavy atom. The first-order valence-electron chi connectivity index (χ1n) is 9.89. The van der Waals surface area contributed by atoms with Crippen LogP contribution in [0.1, 0.15) is 22.4 Å². The Kier molecular flexibility index (Phi) is 5.53. The Labute approximate surface area is 174 Å². The van der Waals surface area contributed by atoms with E-state index in [4.69, 9.17) is 14.4 Å². The number of carboxylic acid groups (broad SMARTS) is 1. The van der Waals surface area contributed by atoms with Gasteiger partial charge in [0, 0.05) is 11.5 Å². The third-order valence-corrected chi connectivity index (χ3v) is 5.16. The summed E-state index contributed by atoms with van der Waals surface area (Å²) in [6, 6.07) is 20.8. The molecule has 0 amide bonds.